The first-order chi connectivity index (χ1) is 7.00. The number of rotatable bonds is 0. The van der Waals surface area contributed by atoms with E-state index < -0.39 is 5.09 Å². The molecule has 0 saturated heterocycles. The molecule has 0 radical (unpaired) electrons. The van der Waals surface area contributed by atoms with Gasteiger partial charge in [0, 0.05) is 11.8 Å². The van der Waals surface area contributed by atoms with Crippen LogP contribution in [0.2, 0.25) is 0 Å². The van der Waals surface area contributed by atoms with Gasteiger partial charge in [0.05, 0.1) is 5.09 Å². The Morgan fingerprint density at radius 2 is 2.06 bits per heavy atom. The van der Waals surface area contributed by atoms with E-state index in [1.54, 1.807) is 6.92 Å². The van der Waals surface area contributed by atoms with E-state index >= 15 is 0 Å². The molecule has 0 aliphatic heterocycles. The molecule has 16 heavy (non-hydrogen) atoms. The van der Waals surface area contributed by atoms with Crippen LogP contribution in [0.25, 0.3) is 5.78 Å². The number of nitrogens with one attached hydrogen (secondary N) is 1. The fraction of sp³-hybridized carbons (Fsp3) is 0.167. The van der Waals surface area contributed by atoms with Gasteiger partial charge in [-0.25, -0.2) is 9.97 Å². The molecule has 1 N–H and O–H groups in total. The van der Waals surface area contributed by atoms with Crippen LogP contribution in [0.1, 0.15) is 5.69 Å². The van der Waals surface area contributed by atoms with Crippen molar-refractivity contribution in [2.75, 3.05) is 0 Å². The largest absolute Gasteiger partial charge is 1.00 e. The van der Waals surface area contributed by atoms with Gasteiger partial charge in [0.2, 0.25) is 0 Å². The average Bonchev–Trinajstić information content (AvgIpc) is 2.50. The fourth-order valence-corrected chi connectivity index (χ4v) is 0.934. The summed E-state index contributed by atoms with van der Waals surface area (Å²) in [6.07, 6.45) is 1.43. The Morgan fingerprint density at radius 3 is 2.62 bits per heavy atom. The van der Waals surface area contributed by atoms with Crippen molar-refractivity contribution in [1.82, 2.24) is 19.6 Å². The Kier molecular flexibility index (Phi) is 5.36. The standard InChI is InChI=1S/C6H6N4O.Ag.NO3/c1-4-2-5(11)10-6(9-4)7-3-8-10;;2-1(3)4/h2-3H,1H3,(H,7,8,9);;/q;+1;-1. The Hall–Kier alpha value is -1.71. The topological polar surface area (TPSA) is 129 Å². The summed E-state index contributed by atoms with van der Waals surface area (Å²) in [6.45, 7) is 1.76. The van der Waals surface area contributed by atoms with Crippen LogP contribution >= 0.6 is 0 Å². The van der Waals surface area contributed by atoms with Gasteiger partial charge in [0.15, 0.2) is 0 Å². The van der Waals surface area contributed by atoms with Gasteiger partial charge >= 0.3 is 22.4 Å². The van der Waals surface area contributed by atoms with Gasteiger partial charge in [-0.1, -0.05) is 0 Å². The molecule has 0 bridgehead atoms. The SMILES string of the molecule is Cc1cc(=O)n2[nH]cnc2n1.O=[N+]([O-])[O-].[Ag+]. The third-order valence-corrected chi connectivity index (χ3v) is 1.40. The van der Waals surface area contributed by atoms with Crippen LogP contribution in [-0.2, 0) is 22.4 Å². The van der Waals surface area contributed by atoms with Gasteiger partial charge in [-0.15, -0.1) is 0 Å². The zero-order valence-electron chi connectivity index (χ0n) is 7.88. The van der Waals surface area contributed by atoms with Crippen molar-refractivity contribution in [1.29, 1.82) is 0 Å². The Bertz CT molecular complexity index is 531. The first-order valence-electron chi connectivity index (χ1n) is 3.72. The molecule has 0 saturated carbocycles. The Morgan fingerprint density at radius 1 is 1.50 bits per heavy atom. The molecule has 9 nitrogen and oxygen atoms in total. The van der Waals surface area contributed by atoms with Crippen LogP contribution in [0.4, 0.5) is 0 Å². The fourth-order valence-electron chi connectivity index (χ4n) is 0.934. The molecule has 0 fully saturated rings. The zero-order chi connectivity index (χ0) is 11.4. The predicted octanol–water partition coefficient (Wildman–Crippen LogP) is -0.516. The summed E-state index contributed by atoms with van der Waals surface area (Å²) in [6, 6.07) is 1.45. The van der Waals surface area contributed by atoms with E-state index in [1.807, 2.05) is 0 Å². The normalized spacial score (nSPS) is 8.81. The van der Waals surface area contributed by atoms with Gasteiger partial charge in [0.1, 0.15) is 6.33 Å². The minimum Gasteiger partial charge on any atom is -0.356 e. The summed E-state index contributed by atoms with van der Waals surface area (Å²) < 4.78 is 1.28. The quantitative estimate of drug-likeness (QED) is 0.395. The number of hydrogen-bond acceptors (Lipinski definition) is 6. The molecule has 90 valence electrons. The maximum atomic E-state index is 11.1. The summed E-state index contributed by atoms with van der Waals surface area (Å²) in [4.78, 5) is 27.2. The van der Waals surface area contributed by atoms with E-state index in [2.05, 4.69) is 15.1 Å². The van der Waals surface area contributed by atoms with Gasteiger partial charge in [-0.3, -0.25) is 9.89 Å². The van der Waals surface area contributed by atoms with E-state index in [-0.39, 0.29) is 27.9 Å². The summed E-state index contributed by atoms with van der Waals surface area (Å²) in [5.41, 5.74) is 0.548. The van der Waals surface area contributed by atoms with E-state index in [1.165, 1.54) is 16.9 Å². The second-order valence-electron chi connectivity index (χ2n) is 2.48. The number of aromatic amines is 1. The van der Waals surface area contributed by atoms with Crippen LogP contribution in [0, 0.1) is 22.2 Å². The van der Waals surface area contributed by atoms with Crippen molar-refractivity contribution >= 4 is 5.78 Å². The second kappa shape index (κ2) is 6.00. The Labute approximate surface area is 104 Å². The number of hydrogen-bond donors (Lipinski definition) is 1. The van der Waals surface area contributed by atoms with Crippen LogP contribution < -0.4 is 5.56 Å². The minimum absolute atomic E-state index is 0. The van der Waals surface area contributed by atoms with Crippen LogP contribution in [0.3, 0.4) is 0 Å². The van der Waals surface area contributed by atoms with E-state index in [0.717, 1.165) is 0 Å². The molecule has 0 aromatic carbocycles. The van der Waals surface area contributed by atoms with Gasteiger partial charge < -0.3 is 15.3 Å². The van der Waals surface area contributed by atoms with Crippen molar-refractivity contribution in [2.45, 2.75) is 6.92 Å². The minimum atomic E-state index is -1.75. The zero-order valence-corrected chi connectivity index (χ0v) is 9.36. The predicted molar refractivity (Wildman–Crippen MR) is 48.7 cm³/mol. The third kappa shape index (κ3) is 3.81. The van der Waals surface area contributed by atoms with Crippen molar-refractivity contribution in [2.24, 2.45) is 0 Å². The van der Waals surface area contributed by atoms with Crippen LogP contribution in [0.5, 0.6) is 0 Å². The first kappa shape index (κ1) is 14.3. The molecular weight excluding hydrogens is 314 g/mol. The van der Waals surface area contributed by atoms with Gasteiger partial charge in [-0.2, -0.15) is 4.52 Å². The van der Waals surface area contributed by atoms with Gasteiger partial charge in [-0.05, 0) is 6.92 Å². The molecule has 2 rings (SSSR count). The summed E-state index contributed by atoms with van der Waals surface area (Å²) in [5, 5.41) is 17.4. The third-order valence-electron chi connectivity index (χ3n) is 1.40. The first-order valence-corrected chi connectivity index (χ1v) is 3.72. The van der Waals surface area contributed by atoms with Crippen molar-refractivity contribution in [3.05, 3.63) is 43.8 Å². The molecule has 0 spiro atoms. The van der Waals surface area contributed by atoms with Crippen LogP contribution in [0.15, 0.2) is 17.2 Å². The van der Waals surface area contributed by atoms with E-state index in [4.69, 9.17) is 15.3 Å². The molecular formula is C6H6AgN5O4. The summed E-state index contributed by atoms with van der Waals surface area (Å²) >= 11 is 0. The average molecular weight is 320 g/mol. The maximum Gasteiger partial charge on any atom is 1.00 e. The molecule has 0 amide bonds. The summed E-state index contributed by atoms with van der Waals surface area (Å²) in [5.74, 6) is 0.412. The second-order valence-corrected chi connectivity index (χ2v) is 2.48. The molecule has 10 heteroatoms. The van der Waals surface area contributed by atoms with E-state index in [9.17, 15) is 4.79 Å². The Balaban J connectivity index is 0.000000397. The van der Waals surface area contributed by atoms with E-state index in [0.29, 0.717) is 11.5 Å². The maximum absolute atomic E-state index is 11.1. The van der Waals surface area contributed by atoms with Crippen LogP contribution in [-0.4, -0.2) is 24.7 Å². The van der Waals surface area contributed by atoms with Crippen molar-refractivity contribution in [3.63, 3.8) is 0 Å². The van der Waals surface area contributed by atoms with Crippen molar-refractivity contribution in [3.8, 4) is 0 Å². The number of aromatic nitrogens is 4. The van der Waals surface area contributed by atoms with Crippen molar-refractivity contribution < 1.29 is 27.5 Å². The molecule has 0 unspecified atom stereocenters. The molecule has 0 atom stereocenters. The number of nitrogens with zero attached hydrogens (tertiary/aromatic N) is 4. The van der Waals surface area contributed by atoms with Gasteiger partial charge in [0.25, 0.3) is 11.3 Å². The molecule has 2 heterocycles. The molecule has 0 aliphatic rings. The molecule has 2 aromatic rings. The molecule has 2 aromatic heterocycles. The number of aryl methyl sites for hydroxylation is 1. The smallest absolute Gasteiger partial charge is 0.356 e. The number of H-pyrrole nitrogens is 1. The molecule has 0 aliphatic carbocycles. The summed E-state index contributed by atoms with van der Waals surface area (Å²) in [7, 11) is 0. The monoisotopic (exact) mass is 319 g/mol. The number of fused-ring (bicyclic) bond motifs is 1.